The molecule has 0 saturated carbocycles. The van der Waals surface area contributed by atoms with Crippen molar-refractivity contribution in [3.8, 4) is 5.75 Å². The number of nitrogens with zero attached hydrogens (tertiary/aromatic N) is 1. The van der Waals surface area contributed by atoms with Crippen LogP contribution in [-0.2, 0) is 14.3 Å². The number of nitrogens with one attached hydrogen (secondary N) is 2. The van der Waals surface area contributed by atoms with Crippen molar-refractivity contribution in [1.29, 1.82) is 0 Å². The van der Waals surface area contributed by atoms with Gasteiger partial charge in [0.15, 0.2) is 11.7 Å². The standard InChI is InChI=1S/C22H23N3O5S/c1-3-7-17(23-20(27)14-8-5-4-6-9-14)21(28)30-13-19(26)25-22-24-16-11-10-15(29-2)12-18(16)31-22/h4-6,8-12,17H,3,7,13H2,1-2H3,(H,23,27)(H,24,25,26)/t17-/m1/s1. The Balaban J connectivity index is 1.55. The van der Waals surface area contributed by atoms with Crippen molar-refractivity contribution in [2.24, 2.45) is 0 Å². The van der Waals surface area contributed by atoms with Gasteiger partial charge in [-0.15, -0.1) is 0 Å². The number of carbonyl (C=O) groups is 3. The monoisotopic (exact) mass is 441 g/mol. The first kappa shape index (κ1) is 22.2. The number of fused-ring (bicyclic) bond motifs is 1. The maximum atomic E-state index is 12.4. The maximum absolute atomic E-state index is 12.4. The lowest BCUT2D eigenvalue weighted by Gasteiger charge is -2.17. The van der Waals surface area contributed by atoms with Crippen LogP contribution in [0.2, 0.25) is 0 Å². The molecule has 31 heavy (non-hydrogen) atoms. The van der Waals surface area contributed by atoms with E-state index in [0.29, 0.717) is 29.3 Å². The van der Waals surface area contributed by atoms with Crippen LogP contribution in [0.3, 0.4) is 0 Å². The molecular weight excluding hydrogens is 418 g/mol. The normalized spacial score (nSPS) is 11.5. The quantitative estimate of drug-likeness (QED) is 0.493. The van der Waals surface area contributed by atoms with Crippen LogP contribution in [0.25, 0.3) is 10.2 Å². The van der Waals surface area contributed by atoms with E-state index in [-0.39, 0.29) is 5.91 Å². The number of anilines is 1. The molecule has 3 rings (SSSR count). The van der Waals surface area contributed by atoms with Crippen molar-refractivity contribution >= 4 is 44.5 Å². The van der Waals surface area contributed by atoms with Crippen LogP contribution in [0.5, 0.6) is 5.75 Å². The molecule has 9 heteroatoms. The van der Waals surface area contributed by atoms with Gasteiger partial charge in [-0.2, -0.15) is 0 Å². The molecule has 2 amide bonds. The first-order valence-corrected chi connectivity index (χ1v) is 10.6. The summed E-state index contributed by atoms with van der Waals surface area (Å²) in [5, 5.41) is 5.69. The molecule has 2 N–H and O–H groups in total. The minimum absolute atomic E-state index is 0.370. The second kappa shape index (κ2) is 10.5. The van der Waals surface area contributed by atoms with Crippen molar-refractivity contribution < 1.29 is 23.9 Å². The molecule has 0 fully saturated rings. The fourth-order valence-corrected chi connectivity index (χ4v) is 3.76. The summed E-state index contributed by atoms with van der Waals surface area (Å²) in [6, 6.07) is 13.2. The summed E-state index contributed by atoms with van der Waals surface area (Å²) >= 11 is 1.29. The van der Waals surface area contributed by atoms with Gasteiger partial charge >= 0.3 is 5.97 Å². The molecule has 3 aromatic rings. The van der Waals surface area contributed by atoms with E-state index in [1.54, 1.807) is 49.6 Å². The third-order valence-electron chi connectivity index (χ3n) is 4.39. The third-order valence-corrected chi connectivity index (χ3v) is 5.32. The van der Waals surface area contributed by atoms with Crippen LogP contribution in [0.4, 0.5) is 5.13 Å². The van der Waals surface area contributed by atoms with Crippen molar-refractivity contribution in [2.45, 2.75) is 25.8 Å². The molecule has 0 spiro atoms. The average Bonchev–Trinajstić information content (AvgIpc) is 3.18. The van der Waals surface area contributed by atoms with E-state index < -0.39 is 24.5 Å². The van der Waals surface area contributed by atoms with Gasteiger partial charge in [0.2, 0.25) is 0 Å². The highest BCUT2D eigenvalue weighted by Crippen LogP contribution is 2.29. The van der Waals surface area contributed by atoms with Crippen LogP contribution in [0, 0.1) is 0 Å². The lowest BCUT2D eigenvalue weighted by molar-refractivity contribution is -0.149. The fourth-order valence-electron chi connectivity index (χ4n) is 2.85. The van der Waals surface area contributed by atoms with Crippen LogP contribution in [0.15, 0.2) is 48.5 Å². The molecule has 0 unspecified atom stereocenters. The Labute approximate surface area is 183 Å². The van der Waals surface area contributed by atoms with Crippen molar-refractivity contribution in [2.75, 3.05) is 19.0 Å². The zero-order chi connectivity index (χ0) is 22.2. The molecule has 2 aromatic carbocycles. The van der Waals surface area contributed by atoms with Gasteiger partial charge in [0.05, 0.1) is 17.3 Å². The second-order valence-electron chi connectivity index (χ2n) is 6.69. The zero-order valence-electron chi connectivity index (χ0n) is 17.2. The number of methoxy groups -OCH3 is 1. The van der Waals surface area contributed by atoms with E-state index in [1.807, 2.05) is 13.0 Å². The van der Waals surface area contributed by atoms with Crippen molar-refractivity contribution in [1.82, 2.24) is 10.3 Å². The molecule has 8 nitrogen and oxygen atoms in total. The van der Waals surface area contributed by atoms with E-state index in [4.69, 9.17) is 9.47 Å². The van der Waals surface area contributed by atoms with E-state index in [1.165, 1.54) is 11.3 Å². The summed E-state index contributed by atoms with van der Waals surface area (Å²) in [5.74, 6) is -0.841. The highest BCUT2D eigenvalue weighted by Gasteiger charge is 2.23. The van der Waals surface area contributed by atoms with Gasteiger partial charge in [-0.3, -0.25) is 14.9 Å². The fraction of sp³-hybridized carbons (Fsp3) is 0.273. The van der Waals surface area contributed by atoms with Crippen molar-refractivity contribution in [3.63, 3.8) is 0 Å². The number of ether oxygens (including phenoxy) is 2. The molecule has 1 heterocycles. The number of benzene rings is 2. The summed E-state index contributed by atoms with van der Waals surface area (Å²) in [6.07, 6.45) is 1.06. The van der Waals surface area contributed by atoms with Gasteiger partial charge in [0.25, 0.3) is 11.8 Å². The molecule has 0 aliphatic carbocycles. The summed E-state index contributed by atoms with van der Waals surface area (Å²) in [7, 11) is 1.58. The maximum Gasteiger partial charge on any atom is 0.329 e. The van der Waals surface area contributed by atoms with Crippen LogP contribution in [0.1, 0.15) is 30.1 Å². The minimum atomic E-state index is -0.833. The number of hydrogen-bond acceptors (Lipinski definition) is 7. The predicted molar refractivity (Wildman–Crippen MR) is 118 cm³/mol. The van der Waals surface area contributed by atoms with Gasteiger partial charge in [0, 0.05) is 5.56 Å². The van der Waals surface area contributed by atoms with Gasteiger partial charge in [-0.05, 0) is 36.8 Å². The third kappa shape index (κ3) is 6.02. The molecule has 0 radical (unpaired) electrons. The Morgan fingerprint density at radius 2 is 1.90 bits per heavy atom. The number of thiazole rings is 1. The first-order chi connectivity index (χ1) is 15.0. The number of rotatable bonds is 9. The smallest absolute Gasteiger partial charge is 0.329 e. The van der Waals surface area contributed by atoms with Gasteiger partial charge in [-0.25, -0.2) is 9.78 Å². The highest BCUT2D eigenvalue weighted by molar-refractivity contribution is 7.22. The van der Waals surface area contributed by atoms with Gasteiger partial charge in [-0.1, -0.05) is 42.9 Å². The van der Waals surface area contributed by atoms with E-state index in [9.17, 15) is 14.4 Å². The molecule has 162 valence electrons. The van der Waals surface area contributed by atoms with Crippen LogP contribution in [-0.4, -0.2) is 42.5 Å². The Morgan fingerprint density at radius 3 is 2.61 bits per heavy atom. The average molecular weight is 442 g/mol. The molecule has 1 aromatic heterocycles. The van der Waals surface area contributed by atoms with E-state index in [0.717, 1.165) is 10.2 Å². The molecule has 0 aliphatic heterocycles. The second-order valence-corrected chi connectivity index (χ2v) is 7.72. The topological polar surface area (TPSA) is 107 Å². The Hall–Kier alpha value is -3.46. The van der Waals surface area contributed by atoms with E-state index >= 15 is 0 Å². The summed E-state index contributed by atoms with van der Waals surface area (Å²) < 4.78 is 11.2. The molecular formula is C22H23N3O5S. The number of aromatic nitrogens is 1. The number of amides is 2. The molecule has 0 aliphatic rings. The van der Waals surface area contributed by atoms with Crippen LogP contribution >= 0.6 is 11.3 Å². The van der Waals surface area contributed by atoms with Gasteiger partial charge < -0.3 is 14.8 Å². The highest BCUT2D eigenvalue weighted by atomic mass is 32.1. The lowest BCUT2D eigenvalue weighted by Crippen LogP contribution is -2.42. The largest absolute Gasteiger partial charge is 0.497 e. The zero-order valence-corrected chi connectivity index (χ0v) is 18.0. The SMILES string of the molecule is CCC[C@@H](NC(=O)c1ccccc1)C(=O)OCC(=O)Nc1nc2ccc(OC)cc2s1. The molecule has 0 bridgehead atoms. The van der Waals surface area contributed by atoms with Crippen molar-refractivity contribution in [3.05, 3.63) is 54.1 Å². The number of carbonyl (C=O) groups excluding carboxylic acids is 3. The van der Waals surface area contributed by atoms with Gasteiger partial charge in [0.1, 0.15) is 11.8 Å². The van der Waals surface area contributed by atoms with Crippen LogP contribution < -0.4 is 15.4 Å². The number of esters is 1. The Kier molecular flexibility index (Phi) is 7.55. The summed E-state index contributed by atoms with van der Waals surface area (Å²) in [5.41, 5.74) is 1.17. The Morgan fingerprint density at radius 1 is 1.13 bits per heavy atom. The molecule has 1 atom stereocenters. The minimum Gasteiger partial charge on any atom is -0.497 e. The van der Waals surface area contributed by atoms with E-state index in [2.05, 4.69) is 15.6 Å². The summed E-state index contributed by atoms with van der Waals surface area (Å²) in [6.45, 7) is 1.42. The lowest BCUT2D eigenvalue weighted by atomic mass is 10.1. The Bertz CT molecular complexity index is 1070. The predicted octanol–water partition coefficient (Wildman–Crippen LogP) is 3.39. The first-order valence-electron chi connectivity index (χ1n) is 9.77. The summed E-state index contributed by atoms with van der Waals surface area (Å²) in [4.78, 5) is 41.3. The number of hydrogen-bond donors (Lipinski definition) is 2. The molecule has 0 saturated heterocycles.